The van der Waals surface area contributed by atoms with Crippen LogP contribution in [0.15, 0.2) is 35.3 Å². The fraction of sp³-hybridized carbons (Fsp3) is 0.478. The first-order valence-electron chi connectivity index (χ1n) is 10.3. The molecule has 0 aliphatic carbocycles. The van der Waals surface area contributed by atoms with Crippen LogP contribution in [-0.4, -0.2) is 44.3 Å². The highest BCUT2D eigenvalue weighted by molar-refractivity contribution is 7.14. The summed E-state index contributed by atoms with van der Waals surface area (Å²) < 4.78 is 22.9. The van der Waals surface area contributed by atoms with Gasteiger partial charge in [0.2, 0.25) is 0 Å². The van der Waals surface area contributed by atoms with Crippen LogP contribution in [0.1, 0.15) is 39.5 Å². The van der Waals surface area contributed by atoms with Crippen LogP contribution in [0.25, 0.3) is 0 Å². The van der Waals surface area contributed by atoms with Gasteiger partial charge in [-0.25, -0.2) is 4.99 Å². The molecule has 1 aromatic carbocycles. The number of benzene rings is 1. The number of rotatable bonds is 5. The van der Waals surface area contributed by atoms with E-state index in [4.69, 9.17) is 29.7 Å². The van der Waals surface area contributed by atoms with Crippen LogP contribution in [0.5, 0.6) is 5.75 Å². The predicted octanol–water partition coefficient (Wildman–Crippen LogP) is 3.05. The van der Waals surface area contributed by atoms with E-state index in [1.54, 1.807) is 7.11 Å². The molecule has 7 nitrogen and oxygen atoms in total. The molecule has 4 heterocycles. The lowest BCUT2D eigenvalue weighted by Gasteiger charge is -2.61. The number of Topliss-reactive ketones (excluding diaryl/α,β-unsaturated/α-hetero) is 1. The monoisotopic (exact) mass is 442 g/mol. The number of carbonyl (C=O) groups is 1. The third-order valence-electron chi connectivity index (χ3n) is 6.81. The second-order valence-electron chi connectivity index (χ2n) is 8.92. The fourth-order valence-electron chi connectivity index (χ4n) is 4.95. The molecule has 1 saturated heterocycles. The standard InChI is InChI=1S/C23H26N2O5S/c1-21(2)22(11-28-12-22)23(13-29-20(24)25-23)16-8-14(4-6-18(16)30-21)9-17(26)19-7-5-15(31-19)10-27-3/h4-8H,9-13H2,1-3H3,(H2,24,25). The summed E-state index contributed by atoms with van der Waals surface area (Å²) >= 11 is 1.47. The number of ketones is 1. The van der Waals surface area contributed by atoms with Crippen molar-refractivity contribution in [2.24, 2.45) is 16.1 Å². The van der Waals surface area contributed by atoms with Gasteiger partial charge in [-0.2, -0.15) is 0 Å². The normalized spacial score (nSPS) is 24.8. The van der Waals surface area contributed by atoms with Gasteiger partial charge in [0, 0.05) is 24.0 Å². The smallest absolute Gasteiger partial charge is 0.283 e. The van der Waals surface area contributed by atoms with Gasteiger partial charge in [-0.3, -0.25) is 4.79 Å². The average Bonchev–Trinajstić information content (AvgIpc) is 3.29. The third-order valence-corrected chi connectivity index (χ3v) is 7.91. The van der Waals surface area contributed by atoms with E-state index >= 15 is 0 Å². The number of hydrogen-bond donors (Lipinski definition) is 1. The zero-order chi connectivity index (χ0) is 21.9. The van der Waals surface area contributed by atoms with Gasteiger partial charge < -0.3 is 24.7 Å². The van der Waals surface area contributed by atoms with Crippen LogP contribution in [0.3, 0.4) is 0 Å². The highest BCUT2D eigenvalue weighted by Crippen LogP contribution is 2.62. The van der Waals surface area contributed by atoms with Crippen molar-refractivity contribution in [1.82, 2.24) is 0 Å². The molecule has 5 rings (SSSR count). The van der Waals surface area contributed by atoms with Gasteiger partial charge in [0.25, 0.3) is 6.02 Å². The number of ether oxygens (including phenoxy) is 4. The Morgan fingerprint density at radius 1 is 1.23 bits per heavy atom. The second-order valence-corrected chi connectivity index (χ2v) is 10.1. The van der Waals surface area contributed by atoms with Crippen molar-refractivity contribution in [2.45, 2.75) is 38.0 Å². The Morgan fingerprint density at radius 3 is 2.68 bits per heavy atom. The zero-order valence-electron chi connectivity index (χ0n) is 17.9. The van der Waals surface area contributed by atoms with Crippen molar-refractivity contribution in [3.05, 3.63) is 51.2 Å². The lowest BCUT2D eigenvalue weighted by molar-refractivity contribution is -0.247. The summed E-state index contributed by atoms with van der Waals surface area (Å²) in [5.74, 6) is 0.824. The minimum absolute atomic E-state index is 0.0748. The first kappa shape index (κ1) is 20.5. The van der Waals surface area contributed by atoms with E-state index in [2.05, 4.69) is 13.8 Å². The number of aliphatic imine (C=N–C) groups is 1. The molecule has 2 aromatic rings. The molecule has 0 saturated carbocycles. The van der Waals surface area contributed by atoms with Crippen LogP contribution < -0.4 is 10.5 Å². The van der Waals surface area contributed by atoms with Crippen molar-refractivity contribution in [2.75, 3.05) is 26.9 Å². The van der Waals surface area contributed by atoms with E-state index in [1.807, 2.05) is 30.3 Å². The first-order valence-corrected chi connectivity index (χ1v) is 11.1. The second kappa shape index (κ2) is 7.05. The summed E-state index contributed by atoms with van der Waals surface area (Å²) in [4.78, 5) is 19.5. The molecule has 2 spiro atoms. The van der Waals surface area contributed by atoms with Gasteiger partial charge in [-0.1, -0.05) is 6.07 Å². The highest BCUT2D eigenvalue weighted by atomic mass is 32.1. The number of nitrogens with zero attached hydrogens (tertiary/aromatic N) is 1. The SMILES string of the molecule is COCc1ccc(C(=O)Cc2ccc3c(c2)C2(COC(N)=N2)C2(COC2)C(C)(C)O3)s1. The molecule has 1 unspecified atom stereocenters. The molecule has 1 atom stereocenters. The quantitative estimate of drug-likeness (QED) is 0.716. The molecule has 0 amide bonds. The molecule has 8 heteroatoms. The van der Waals surface area contributed by atoms with E-state index in [0.717, 1.165) is 26.6 Å². The summed E-state index contributed by atoms with van der Waals surface area (Å²) in [6, 6.07) is 9.89. The number of nitrogens with two attached hydrogens (primary N) is 1. The predicted molar refractivity (Wildman–Crippen MR) is 117 cm³/mol. The molecule has 1 aromatic heterocycles. The summed E-state index contributed by atoms with van der Waals surface area (Å²) in [6.45, 7) is 6.01. The summed E-state index contributed by atoms with van der Waals surface area (Å²) in [7, 11) is 1.65. The summed E-state index contributed by atoms with van der Waals surface area (Å²) in [5, 5.41) is 0. The molecule has 164 valence electrons. The van der Waals surface area contributed by atoms with Crippen LogP contribution in [0.2, 0.25) is 0 Å². The first-order chi connectivity index (χ1) is 14.8. The summed E-state index contributed by atoms with van der Waals surface area (Å²) in [5.41, 5.74) is 6.21. The van der Waals surface area contributed by atoms with Crippen LogP contribution >= 0.6 is 11.3 Å². The maximum Gasteiger partial charge on any atom is 0.283 e. The Labute approximate surface area is 185 Å². The Kier molecular flexibility index (Phi) is 4.66. The summed E-state index contributed by atoms with van der Waals surface area (Å²) in [6.07, 6.45) is 0.295. The largest absolute Gasteiger partial charge is 0.487 e. The Balaban J connectivity index is 1.52. The van der Waals surface area contributed by atoms with Gasteiger partial charge in [0.1, 0.15) is 23.5 Å². The van der Waals surface area contributed by atoms with Gasteiger partial charge in [-0.05, 0) is 43.7 Å². The number of amidine groups is 1. The molecule has 0 radical (unpaired) electrons. The van der Waals surface area contributed by atoms with Crippen LogP contribution in [-0.2, 0) is 32.8 Å². The number of methoxy groups -OCH3 is 1. The maximum absolute atomic E-state index is 12.9. The van der Waals surface area contributed by atoms with E-state index in [0.29, 0.717) is 32.8 Å². The number of carbonyl (C=O) groups excluding carboxylic acids is 1. The lowest BCUT2D eigenvalue weighted by Crippen LogP contribution is -2.71. The van der Waals surface area contributed by atoms with Crippen molar-refractivity contribution in [3.63, 3.8) is 0 Å². The van der Waals surface area contributed by atoms with Gasteiger partial charge >= 0.3 is 0 Å². The van der Waals surface area contributed by atoms with Gasteiger partial charge in [0.15, 0.2) is 5.78 Å². The van der Waals surface area contributed by atoms with E-state index in [-0.39, 0.29) is 17.2 Å². The van der Waals surface area contributed by atoms with Gasteiger partial charge in [0.05, 0.1) is 30.1 Å². The molecular weight excluding hydrogens is 416 g/mol. The van der Waals surface area contributed by atoms with Gasteiger partial charge in [-0.15, -0.1) is 11.3 Å². The Morgan fingerprint density at radius 2 is 2.03 bits per heavy atom. The van der Waals surface area contributed by atoms with Crippen LogP contribution in [0.4, 0.5) is 0 Å². The fourth-order valence-corrected chi connectivity index (χ4v) is 5.87. The minimum atomic E-state index is -0.694. The molecular formula is C23H26N2O5S. The van der Waals surface area contributed by atoms with Crippen LogP contribution in [0, 0.1) is 5.41 Å². The number of fused-ring (bicyclic) bond motifs is 3. The van der Waals surface area contributed by atoms with E-state index in [9.17, 15) is 4.79 Å². The Bertz CT molecular complexity index is 1070. The maximum atomic E-state index is 12.9. The lowest BCUT2D eigenvalue weighted by atomic mass is 9.55. The number of thiophene rings is 1. The molecule has 2 N–H and O–H groups in total. The Hall–Kier alpha value is -2.42. The average molecular weight is 443 g/mol. The van der Waals surface area contributed by atoms with E-state index < -0.39 is 11.1 Å². The molecule has 1 fully saturated rings. The van der Waals surface area contributed by atoms with Crippen molar-refractivity contribution >= 4 is 23.1 Å². The zero-order valence-corrected chi connectivity index (χ0v) is 18.7. The number of hydrogen-bond acceptors (Lipinski definition) is 8. The molecule has 3 aliphatic heterocycles. The highest BCUT2D eigenvalue weighted by Gasteiger charge is 2.71. The molecule has 3 aliphatic rings. The topological polar surface area (TPSA) is 92.4 Å². The van der Waals surface area contributed by atoms with Crippen molar-refractivity contribution < 1.29 is 23.7 Å². The third kappa shape index (κ3) is 2.92. The van der Waals surface area contributed by atoms with Crippen molar-refractivity contribution in [3.8, 4) is 5.75 Å². The van der Waals surface area contributed by atoms with E-state index in [1.165, 1.54) is 11.3 Å². The minimum Gasteiger partial charge on any atom is -0.487 e. The molecule has 0 bridgehead atoms. The van der Waals surface area contributed by atoms with Crippen molar-refractivity contribution in [1.29, 1.82) is 0 Å². The molecule has 31 heavy (non-hydrogen) atoms.